The number of fused-ring (bicyclic) bond motifs is 1. The molecular weight excluding hydrogens is 508 g/mol. The third-order valence-corrected chi connectivity index (χ3v) is 6.76. The highest BCUT2D eigenvalue weighted by Gasteiger charge is 2.47. The molecule has 1 aromatic rings. The molecule has 200 valence electrons. The van der Waals surface area contributed by atoms with Crippen molar-refractivity contribution in [2.45, 2.75) is 67.8 Å². The van der Waals surface area contributed by atoms with Gasteiger partial charge in [-0.2, -0.15) is 0 Å². The molecule has 4 rings (SSSR count). The van der Waals surface area contributed by atoms with E-state index in [0.29, 0.717) is 0 Å². The molecule has 0 spiro atoms. The van der Waals surface area contributed by atoms with Crippen molar-refractivity contribution in [1.29, 1.82) is 0 Å². The van der Waals surface area contributed by atoms with Crippen LogP contribution in [0, 0.1) is 0 Å². The second-order valence-corrected chi connectivity index (χ2v) is 9.33. The summed E-state index contributed by atoms with van der Waals surface area (Å²) in [6.07, 6.45) is -17.5. The number of hydrogen-bond donors (Lipinski definition) is 8. The Balaban J connectivity index is 1.66. The lowest BCUT2D eigenvalue weighted by atomic mass is 9.98. The molecule has 2 saturated heterocycles. The van der Waals surface area contributed by atoms with Gasteiger partial charge in [-0.15, -0.1) is 0 Å². The number of benzene rings is 1. The number of halogens is 1. The smallest absolute Gasteiger partial charge is 0.236 e. The molecule has 3 aliphatic rings. The normalized spacial score (nSPS) is 39.7. The van der Waals surface area contributed by atoms with Crippen LogP contribution in [0.1, 0.15) is 6.42 Å². The fourth-order valence-electron chi connectivity index (χ4n) is 4.45. The van der Waals surface area contributed by atoms with Gasteiger partial charge >= 0.3 is 0 Å². The molecule has 0 aromatic heterocycles. The Morgan fingerprint density at radius 3 is 1.61 bits per heavy atom. The summed E-state index contributed by atoms with van der Waals surface area (Å²) in [5.74, 6) is -1.49. The number of rotatable bonds is 4. The van der Waals surface area contributed by atoms with Crippen molar-refractivity contribution < 1.29 is 59.9 Å². The predicted molar refractivity (Wildman–Crippen MR) is 119 cm³/mol. The number of carbonyl (C=O) groups excluding carboxylic acids is 2. The number of carbonyl (C=O) groups is 2. The molecule has 3 heterocycles. The first-order chi connectivity index (χ1) is 16.9. The molecule has 0 bridgehead atoms. The van der Waals surface area contributed by atoms with Crippen LogP contribution in [0.4, 0.5) is 11.4 Å². The minimum atomic E-state index is -1.84. The van der Waals surface area contributed by atoms with E-state index >= 15 is 0 Å². The minimum absolute atomic E-state index is 0.0793. The topological polar surface area (TPSA) is 221 Å². The Hall–Kier alpha value is -1.95. The molecule has 0 saturated carbocycles. The average molecular weight is 535 g/mol. The zero-order valence-corrected chi connectivity index (χ0v) is 19.4. The van der Waals surface area contributed by atoms with Crippen molar-refractivity contribution >= 4 is 34.8 Å². The lowest BCUT2D eigenvalue weighted by Crippen LogP contribution is -2.60. The number of amides is 2. The van der Waals surface area contributed by atoms with Gasteiger partial charge in [0.15, 0.2) is 12.6 Å². The molecule has 1 aromatic carbocycles. The Bertz CT molecular complexity index is 1000. The van der Waals surface area contributed by atoms with Gasteiger partial charge in [0.05, 0.1) is 24.5 Å². The maximum Gasteiger partial charge on any atom is 0.236 e. The van der Waals surface area contributed by atoms with E-state index in [1.165, 1.54) is 18.2 Å². The van der Waals surface area contributed by atoms with E-state index in [4.69, 9.17) is 21.1 Å². The van der Waals surface area contributed by atoms with Crippen LogP contribution in [-0.4, -0.2) is 127 Å². The second-order valence-electron chi connectivity index (χ2n) is 8.89. The number of aliphatic hydroxyl groups is 8. The lowest BCUT2D eigenvalue weighted by Gasteiger charge is -2.41. The molecule has 36 heavy (non-hydrogen) atoms. The van der Waals surface area contributed by atoms with Gasteiger partial charge in [0.2, 0.25) is 11.8 Å². The van der Waals surface area contributed by atoms with Crippen molar-refractivity contribution in [3.05, 3.63) is 23.2 Å². The third kappa shape index (κ3) is 4.94. The first-order valence-electron chi connectivity index (χ1n) is 11.1. The third-order valence-electron chi connectivity index (χ3n) is 6.52. The van der Waals surface area contributed by atoms with E-state index in [0.717, 1.165) is 9.80 Å². The Morgan fingerprint density at radius 2 is 1.14 bits per heavy atom. The second kappa shape index (κ2) is 10.4. The van der Waals surface area contributed by atoms with Crippen LogP contribution in [0.2, 0.25) is 5.02 Å². The van der Waals surface area contributed by atoms with Crippen LogP contribution in [0.5, 0.6) is 0 Å². The van der Waals surface area contributed by atoms with Crippen LogP contribution in [0.25, 0.3) is 0 Å². The number of aliphatic hydroxyl groups excluding tert-OH is 8. The highest BCUT2D eigenvalue weighted by atomic mass is 35.5. The largest absolute Gasteiger partial charge is 0.388 e. The fourth-order valence-corrected chi connectivity index (χ4v) is 4.62. The van der Waals surface area contributed by atoms with Gasteiger partial charge in [0.1, 0.15) is 55.3 Å². The van der Waals surface area contributed by atoms with Crippen molar-refractivity contribution in [3.63, 3.8) is 0 Å². The highest BCUT2D eigenvalue weighted by Crippen LogP contribution is 2.37. The summed E-state index contributed by atoms with van der Waals surface area (Å²) in [6, 6.07) is 4.18. The number of nitrogens with zero attached hydrogens (tertiary/aromatic N) is 2. The summed E-state index contributed by atoms with van der Waals surface area (Å²) in [7, 11) is 0. The number of hydrogen-bond acceptors (Lipinski definition) is 12. The van der Waals surface area contributed by atoms with Gasteiger partial charge in [-0.25, -0.2) is 0 Å². The van der Waals surface area contributed by atoms with Crippen LogP contribution >= 0.6 is 11.6 Å². The summed E-state index contributed by atoms with van der Waals surface area (Å²) in [5, 5.41) is 80.0. The first kappa shape index (κ1) is 27.1. The molecule has 2 unspecified atom stereocenters. The summed E-state index contributed by atoms with van der Waals surface area (Å²) >= 11 is 6.14. The van der Waals surface area contributed by atoms with Gasteiger partial charge in [-0.3, -0.25) is 9.59 Å². The lowest BCUT2D eigenvalue weighted by molar-refractivity contribution is -0.279. The average Bonchev–Trinajstić information content (AvgIpc) is 2.92. The maximum absolute atomic E-state index is 13.1. The molecule has 14 nitrogen and oxygen atoms in total. The van der Waals surface area contributed by atoms with E-state index in [9.17, 15) is 50.4 Å². The Morgan fingerprint density at radius 1 is 0.694 bits per heavy atom. The zero-order chi connectivity index (χ0) is 26.5. The van der Waals surface area contributed by atoms with Crippen molar-refractivity contribution in [1.82, 2.24) is 0 Å². The number of anilines is 2. The van der Waals surface area contributed by atoms with Gasteiger partial charge in [0.25, 0.3) is 0 Å². The van der Waals surface area contributed by atoms with Gasteiger partial charge in [0, 0.05) is 5.02 Å². The van der Waals surface area contributed by atoms with Crippen LogP contribution in [-0.2, 0) is 19.1 Å². The van der Waals surface area contributed by atoms with Crippen molar-refractivity contribution in [3.8, 4) is 0 Å². The van der Waals surface area contributed by atoms with Crippen LogP contribution < -0.4 is 9.80 Å². The van der Waals surface area contributed by atoms with Crippen molar-refractivity contribution in [2.24, 2.45) is 0 Å². The molecule has 0 radical (unpaired) electrons. The van der Waals surface area contributed by atoms with Gasteiger partial charge in [-0.1, -0.05) is 11.6 Å². The van der Waals surface area contributed by atoms with E-state index in [-0.39, 0.29) is 16.4 Å². The molecule has 10 atom stereocenters. The van der Waals surface area contributed by atoms with E-state index in [1.54, 1.807) is 0 Å². The minimum Gasteiger partial charge on any atom is -0.388 e. The number of ether oxygens (including phenoxy) is 2. The monoisotopic (exact) mass is 534 g/mol. The van der Waals surface area contributed by atoms with Crippen LogP contribution in [0.15, 0.2) is 18.2 Å². The molecule has 2 amide bonds. The van der Waals surface area contributed by atoms with E-state index in [1.807, 2.05) is 0 Å². The summed E-state index contributed by atoms with van der Waals surface area (Å²) in [4.78, 5) is 28.3. The van der Waals surface area contributed by atoms with Gasteiger partial charge < -0.3 is 60.1 Å². The van der Waals surface area contributed by atoms with Crippen LogP contribution in [0.3, 0.4) is 0 Å². The van der Waals surface area contributed by atoms with E-state index < -0.39 is 92.7 Å². The summed E-state index contributed by atoms with van der Waals surface area (Å²) in [6.45, 7) is -0.871. The molecular formula is C21H27ClN2O12. The summed E-state index contributed by atoms with van der Waals surface area (Å²) < 4.78 is 10.4. The van der Waals surface area contributed by atoms with Crippen molar-refractivity contribution in [2.75, 3.05) is 22.9 Å². The Labute approximate surface area is 209 Å². The molecule has 15 heteroatoms. The Kier molecular flexibility index (Phi) is 7.85. The van der Waals surface area contributed by atoms with Gasteiger partial charge in [-0.05, 0) is 18.2 Å². The molecule has 3 aliphatic heterocycles. The SMILES string of the molecule is O=C1CC(=O)N(C[C@H]2OC(O)[C@H](O)[C@@H](O)[C@@H]2O)c2cc(Cl)ccc2N1C[C@H]1OC(O)[C@H](O)[C@@H](O)[C@@H]1O. The maximum atomic E-state index is 13.1. The predicted octanol–water partition coefficient (Wildman–Crippen LogP) is -3.99. The fraction of sp³-hybridized carbons (Fsp3) is 0.619. The zero-order valence-electron chi connectivity index (χ0n) is 18.6. The summed E-state index contributed by atoms with van der Waals surface area (Å²) in [5.41, 5.74) is 0.197. The first-order valence-corrected chi connectivity index (χ1v) is 11.4. The van der Waals surface area contributed by atoms with E-state index in [2.05, 4.69) is 0 Å². The molecule has 8 N–H and O–H groups in total. The standard InChI is InChI=1S/C21H27ClN2O12/c22-7-1-2-8-9(3-7)24(6-11-15(28)17(30)19(32)21(34)36-11)13(26)4-12(25)23(8)5-10-14(27)16(29)18(31)20(33)35-10/h1-3,10-11,14-21,27-34H,4-6H2/t10-,11-,14-,15-,16+,17+,18-,19-,20?,21?/m1/s1. The molecule has 2 fully saturated rings. The molecule has 0 aliphatic carbocycles. The quantitative estimate of drug-likeness (QED) is 0.173. The highest BCUT2D eigenvalue weighted by molar-refractivity contribution is 6.31.